The monoisotopic (exact) mass is 256 g/mol. The molecule has 0 aromatic heterocycles. The number of amides is 1. The van der Waals surface area contributed by atoms with E-state index in [4.69, 9.17) is 10.5 Å². The molecule has 0 saturated heterocycles. The van der Waals surface area contributed by atoms with Crippen LogP contribution in [0.15, 0.2) is 0 Å². The van der Waals surface area contributed by atoms with E-state index in [9.17, 15) is 4.79 Å². The molecule has 1 aliphatic carbocycles. The highest BCUT2D eigenvalue weighted by atomic mass is 16.5. The molecule has 0 heterocycles. The van der Waals surface area contributed by atoms with Gasteiger partial charge in [0.2, 0.25) is 5.91 Å². The zero-order valence-corrected chi connectivity index (χ0v) is 12.2. The molecular formula is C14H28N2O2. The lowest BCUT2D eigenvalue weighted by atomic mass is 9.76. The zero-order valence-electron chi connectivity index (χ0n) is 12.2. The molecule has 2 atom stereocenters. The number of ether oxygens (including phenoxy) is 1. The van der Waals surface area contributed by atoms with Gasteiger partial charge in [-0.15, -0.1) is 0 Å². The summed E-state index contributed by atoms with van der Waals surface area (Å²) >= 11 is 0. The van der Waals surface area contributed by atoms with Crippen LogP contribution in [0.4, 0.5) is 0 Å². The zero-order chi connectivity index (χ0) is 13.8. The molecule has 0 spiro atoms. The highest BCUT2D eigenvalue weighted by Crippen LogP contribution is 2.31. The Bertz CT molecular complexity index is 281. The smallest absolute Gasteiger partial charge is 0.242 e. The average molecular weight is 256 g/mol. The number of hydrogen-bond acceptors (Lipinski definition) is 3. The summed E-state index contributed by atoms with van der Waals surface area (Å²) in [6.45, 7) is 7.36. The molecule has 0 bridgehead atoms. The highest BCUT2D eigenvalue weighted by molar-refractivity contribution is 5.86. The Morgan fingerprint density at radius 3 is 2.78 bits per heavy atom. The molecule has 18 heavy (non-hydrogen) atoms. The van der Waals surface area contributed by atoms with Crippen molar-refractivity contribution in [2.75, 3.05) is 20.2 Å². The standard InChI is InChI=1S/C14H28N2O2/c1-11(2)18-9-8-16(4)13(17)14(15)7-5-6-12(3)10-14/h11-12H,5-10,15H2,1-4H3. The van der Waals surface area contributed by atoms with Gasteiger partial charge >= 0.3 is 0 Å². The molecule has 1 aliphatic rings. The number of carbonyl (C=O) groups excluding carboxylic acids is 1. The van der Waals surface area contributed by atoms with Crippen LogP contribution >= 0.6 is 0 Å². The maximum Gasteiger partial charge on any atom is 0.242 e. The van der Waals surface area contributed by atoms with Crippen molar-refractivity contribution in [2.24, 2.45) is 11.7 Å². The fourth-order valence-corrected chi connectivity index (χ4v) is 2.69. The summed E-state index contributed by atoms with van der Waals surface area (Å²) in [6.07, 6.45) is 4.06. The quantitative estimate of drug-likeness (QED) is 0.815. The topological polar surface area (TPSA) is 55.6 Å². The van der Waals surface area contributed by atoms with Crippen LogP contribution in [-0.2, 0) is 9.53 Å². The lowest BCUT2D eigenvalue weighted by Gasteiger charge is -2.38. The number of carbonyl (C=O) groups is 1. The van der Waals surface area contributed by atoms with Gasteiger partial charge in [-0.05, 0) is 32.6 Å². The first-order chi connectivity index (χ1) is 8.35. The molecule has 1 rings (SSSR count). The lowest BCUT2D eigenvalue weighted by molar-refractivity contribution is -0.138. The van der Waals surface area contributed by atoms with Gasteiger partial charge in [0, 0.05) is 13.6 Å². The third-order valence-electron chi connectivity index (χ3n) is 3.68. The Kier molecular flexibility index (Phi) is 5.60. The molecule has 4 heteroatoms. The van der Waals surface area contributed by atoms with Gasteiger partial charge in [0.05, 0.1) is 18.2 Å². The van der Waals surface area contributed by atoms with E-state index in [1.54, 1.807) is 4.90 Å². The fourth-order valence-electron chi connectivity index (χ4n) is 2.69. The first kappa shape index (κ1) is 15.4. The third-order valence-corrected chi connectivity index (χ3v) is 3.68. The van der Waals surface area contributed by atoms with Crippen molar-refractivity contribution >= 4 is 5.91 Å². The molecule has 0 aromatic carbocycles. The Morgan fingerprint density at radius 1 is 1.56 bits per heavy atom. The Hall–Kier alpha value is -0.610. The van der Waals surface area contributed by atoms with Crippen molar-refractivity contribution in [3.63, 3.8) is 0 Å². The minimum absolute atomic E-state index is 0.0707. The highest BCUT2D eigenvalue weighted by Gasteiger charge is 2.39. The van der Waals surface area contributed by atoms with Crippen molar-refractivity contribution in [3.05, 3.63) is 0 Å². The van der Waals surface area contributed by atoms with Crippen molar-refractivity contribution in [2.45, 2.75) is 58.1 Å². The van der Waals surface area contributed by atoms with Crippen LogP contribution < -0.4 is 5.73 Å². The van der Waals surface area contributed by atoms with Gasteiger partial charge in [0.15, 0.2) is 0 Å². The van der Waals surface area contributed by atoms with Crippen molar-refractivity contribution in [1.29, 1.82) is 0 Å². The third kappa shape index (κ3) is 4.25. The predicted molar refractivity (Wildman–Crippen MR) is 73.3 cm³/mol. The first-order valence-corrected chi connectivity index (χ1v) is 7.01. The number of nitrogens with zero attached hydrogens (tertiary/aromatic N) is 1. The van der Waals surface area contributed by atoms with Gasteiger partial charge in [-0.1, -0.05) is 19.8 Å². The molecule has 2 N–H and O–H groups in total. The molecule has 1 amide bonds. The molecule has 0 aliphatic heterocycles. The SMILES string of the molecule is CC1CCCC(N)(C(=O)N(C)CCOC(C)C)C1. The summed E-state index contributed by atoms with van der Waals surface area (Å²) in [7, 11) is 1.82. The normalized spacial score (nSPS) is 28.4. The minimum Gasteiger partial charge on any atom is -0.377 e. The van der Waals surface area contributed by atoms with E-state index in [0.29, 0.717) is 19.1 Å². The predicted octanol–water partition coefficient (Wildman–Crippen LogP) is 1.78. The molecule has 0 aromatic rings. The van der Waals surface area contributed by atoms with Gasteiger partial charge in [-0.3, -0.25) is 4.79 Å². The van der Waals surface area contributed by atoms with Gasteiger partial charge in [-0.25, -0.2) is 0 Å². The molecular weight excluding hydrogens is 228 g/mol. The Morgan fingerprint density at radius 2 is 2.22 bits per heavy atom. The van der Waals surface area contributed by atoms with Crippen LogP contribution in [0.1, 0.15) is 46.5 Å². The van der Waals surface area contributed by atoms with E-state index < -0.39 is 5.54 Å². The molecule has 2 unspecified atom stereocenters. The number of hydrogen-bond donors (Lipinski definition) is 1. The summed E-state index contributed by atoms with van der Waals surface area (Å²) in [5.41, 5.74) is 5.64. The van der Waals surface area contributed by atoms with Crippen LogP contribution in [0, 0.1) is 5.92 Å². The van der Waals surface area contributed by atoms with Crippen LogP contribution in [0.5, 0.6) is 0 Å². The second-order valence-electron chi connectivity index (χ2n) is 6.00. The van der Waals surface area contributed by atoms with Crippen molar-refractivity contribution in [3.8, 4) is 0 Å². The first-order valence-electron chi connectivity index (χ1n) is 7.01. The summed E-state index contributed by atoms with van der Waals surface area (Å²) in [4.78, 5) is 14.1. The van der Waals surface area contributed by atoms with Gasteiger partial charge in [0.25, 0.3) is 0 Å². The molecule has 4 nitrogen and oxygen atoms in total. The van der Waals surface area contributed by atoms with Gasteiger partial charge in [0.1, 0.15) is 0 Å². The van der Waals surface area contributed by atoms with Gasteiger partial charge < -0.3 is 15.4 Å². The number of rotatable bonds is 5. The minimum atomic E-state index is -0.649. The fraction of sp³-hybridized carbons (Fsp3) is 0.929. The van der Waals surface area contributed by atoms with Crippen molar-refractivity contribution < 1.29 is 9.53 Å². The van der Waals surface area contributed by atoms with E-state index in [1.165, 1.54) is 6.42 Å². The lowest BCUT2D eigenvalue weighted by Crippen LogP contribution is -2.57. The van der Waals surface area contributed by atoms with Crippen LogP contribution in [-0.4, -0.2) is 42.6 Å². The maximum atomic E-state index is 12.4. The summed E-state index contributed by atoms with van der Waals surface area (Å²) in [6, 6.07) is 0. The van der Waals surface area contributed by atoms with Crippen LogP contribution in [0.25, 0.3) is 0 Å². The summed E-state index contributed by atoms with van der Waals surface area (Å²) < 4.78 is 5.47. The van der Waals surface area contributed by atoms with Crippen molar-refractivity contribution in [1.82, 2.24) is 4.90 Å². The number of nitrogens with two attached hydrogens (primary N) is 1. The summed E-state index contributed by atoms with van der Waals surface area (Å²) in [5.74, 6) is 0.620. The molecule has 106 valence electrons. The molecule has 1 fully saturated rings. The Balaban J connectivity index is 2.46. The molecule has 1 saturated carbocycles. The van der Waals surface area contributed by atoms with E-state index >= 15 is 0 Å². The number of likely N-dealkylation sites (N-methyl/N-ethyl adjacent to an activating group) is 1. The molecule has 0 radical (unpaired) electrons. The second kappa shape index (κ2) is 6.53. The maximum absolute atomic E-state index is 12.4. The summed E-state index contributed by atoms with van der Waals surface area (Å²) in [5, 5.41) is 0. The second-order valence-corrected chi connectivity index (χ2v) is 6.00. The van der Waals surface area contributed by atoms with E-state index in [2.05, 4.69) is 6.92 Å². The van der Waals surface area contributed by atoms with Crippen LogP contribution in [0.3, 0.4) is 0 Å². The van der Waals surface area contributed by atoms with E-state index in [0.717, 1.165) is 19.3 Å². The van der Waals surface area contributed by atoms with Crippen LogP contribution in [0.2, 0.25) is 0 Å². The largest absolute Gasteiger partial charge is 0.377 e. The Labute approximate surface area is 111 Å². The van der Waals surface area contributed by atoms with E-state index in [1.807, 2.05) is 20.9 Å². The average Bonchev–Trinajstić information content (AvgIpc) is 2.27. The van der Waals surface area contributed by atoms with Gasteiger partial charge in [-0.2, -0.15) is 0 Å². The van der Waals surface area contributed by atoms with E-state index in [-0.39, 0.29) is 12.0 Å².